The molecule has 0 bridgehead atoms. The van der Waals surface area contributed by atoms with Crippen LogP contribution in [0.4, 0.5) is 0 Å². The lowest BCUT2D eigenvalue weighted by Gasteiger charge is -2.29. The van der Waals surface area contributed by atoms with Crippen LogP contribution in [0.25, 0.3) is 0 Å². The van der Waals surface area contributed by atoms with Gasteiger partial charge in [-0.15, -0.1) is 0 Å². The highest BCUT2D eigenvalue weighted by Crippen LogP contribution is 2.23. The fourth-order valence-corrected chi connectivity index (χ4v) is 2.71. The molecular weight excluding hydrogens is 190 g/mol. The number of nitrogens with two attached hydrogens (primary N) is 1. The topological polar surface area (TPSA) is 49.6 Å². The molecule has 1 amide bonds. The molecule has 1 aliphatic carbocycles. The normalized spacial score (nSPS) is 34.5. The van der Waals surface area contributed by atoms with E-state index in [1.54, 1.807) is 0 Å². The summed E-state index contributed by atoms with van der Waals surface area (Å²) in [5.41, 5.74) is 6.07. The summed E-state index contributed by atoms with van der Waals surface area (Å²) in [4.78, 5) is 15.9. The van der Waals surface area contributed by atoms with Crippen molar-refractivity contribution in [1.82, 2.24) is 9.80 Å². The molecule has 1 saturated carbocycles. The third-order valence-corrected chi connectivity index (χ3v) is 3.70. The Bertz CT molecular complexity index is 244. The van der Waals surface area contributed by atoms with E-state index in [2.05, 4.69) is 4.90 Å². The first kappa shape index (κ1) is 10.9. The zero-order valence-electron chi connectivity index (χ0n) is 9.48. The van der Waals surface area contributed by atoms with Crippen LogP contribution >= 0.6 is 0 Å². The second-order valence-corrected chi connectivity index (χ2v) is 4.80. The maximum absolute atomic E-state index is 11.7. The van der Waals surface area contributed by atoms with Crippen LogP contribution in [0.3, 0.4) is 0 Å². The van der Waals surface area contributed by atoms with E-state index in [-0.39, 0.29) is 11.9 Å². The molecule has 2 rings (SSSR count). The predicted octanol–water partition coefficient (Wildman–Crippen LogP) is 0.0303. The molecule has 4 heteroatoms. The number of amides is 1. The molecule has 0 aromatic carbocycles. The average Bonchev–Trinajstić information content (AvgIpc) is 2.55. The van der Waals surface area contributed by atoms with Gasteiger partial charge in [-0.2, -0.15) is 0 Å². The van der Waals surface area contributed by atoms with Crippen molar-refractivity contribution >= 4 is 5.91 Å². The van der Waals surface area contributed by atoms with Crippen molar-refractivity contribution in [3.63, 3.8) is 0 Å². The van der Waals surface area contributed by atoms with E-state index < -0.39 is 0 Å². The van der Waals surface area contributed by atoms with Crippen LogP contribution in [0, 0.1) is 0 Å². The minimum Gasteiger partial charge on any atom is -0.345 e. The lowest BCUT2D eigenvalue weighted by Crippen LogP contribution is -2.47. The Morgan fingerprint density at radius 3 is 2.73 bits per heavy atom. The zero-order chi connectivity index (χ0) is 10.8. The third kappa shape index (κ3) is 2.32. The molecule has 2 fully saturated rings. The number of carbonyl (C=O) groups is 1. The van der Waals surface area contributed by atoms with E-state index in [1.165, 1.54) is 6.42 Å². The number of nitrogens with zero attached hydrogens (tertiary/aromatic N) is 2. The molecule has 0 aromatic rings. The van der Waals surface area contributed by atoms with Crippen molar-refractivity contribution in [1.29, 1.82) is 0 Å². The highest BCUT2D eigenvalue weighted by atomic mass is 16.2. The largest absolute Gasteiger partial charge is 0.345 e. The molecule has 2 atom stereocenters. The minimum atomic E-state index is 0.242. The highest BCUT2D eigenvalue weighted by molar-refractivity contribution is 5.78. The van der Waals surface area contributed by atoms with Crippen LogP contribution in [0.1, 0.15) is 25.7 Å². The number of likely N-dealkylation sites (N-methyl/N-ethyl adjacent to an activating group) is 1. The van der Waals surface area contributed by atoms with E-state index in [0.717, 1.165) is 32.4 Å². The van der Waals surface area contributed by atoms with Gasteiger partial charge >= 0.3 is 0 Å². The summed E-state index contributed by atoms with van der Waals surface area (Å²) < 4.78 is 0. The lowest BCUT2D eigenvalue weighted by atomic mass is 10.1. The van der Waals surface area contributed by atoms with Crippen molar-refractivity contribution in [3.05, 3.63) is 0 Å². The molecule has 86 valence electrons. The van der Waals surface area contributed by atoms with Gasteiger partial charge in [-0.3, -0.25) is 9.69 Å². The van der Waals surface area contributed by atoms with Gasteiger partial charge in [-0.05, 0) is 19.3 Å². The first-order valence-corrected chi connectivity index (χ1v) is 5.92. The molecule has 4 nitrogen and oxygen atoms in total. The first-order valence-electron chi connectivity index (χ1n) is 5.92. The van der Waals surface area contributed by atoms with E-state index in [4.69, 9.17) is 5.73 Å². The Morgan fingerprint density at radius 2 is 2.07 bits per heavy atom. The number of hydrogen-bond donors (Lipinski definition) is 1. The Morgan fingerprint density at radius 1 is 1.27 bits per heavy atom. The highest BCUT2D eigenvalue weighted by Gasteiger charge is 2.32. The molecule has 2 aliphatic rings. The summed E-state index contributed by atoms with van der Waals surface area (Å²) in [6.07, 6.45) is 4.57. The Kier molecular flexibility index (Phi) is 3.26. The van der Waals surface area contributed by atoms with Gasteiger partial charge in [0.1, 0.15) is 0 Å². The molecule has 1 heterocycles. The number of rotatable bonds is 1. The summed E-state index contributed by atoms with van der Waals surface area (Å²) in [7, 11) is 1.89. The fourth-order valence-electron chi connectivity index (χ4n) is 2.71. The van der Waals surface area contributed by atoms with Gasteiger partial charge in [-0.1, -0.05) is 6.42 Å². The molecule has 2 unspecified atom stereocenters. The molecule has 2 N–H and O–H groups in total. The first-order chi connectivity index (χ1) is 7.18. The Hall–Kier alpha value is -0.610. The van der Waals surface area contributed by atoms with Crippen molar-refractivity contribution < 1.29 is 4.79 Å². The lowest BCUT2D eigenvalue weighted by molar-refractivity contribution is -0.130. The maximum Gasteiger partial charge on any atom is 0.236 e. The SMILES string of the molecule is CN1CCCN(C2CCCC2N)CC1=O. The molecule has 0 aromatic heterocycles. The monoisotopic (exact) mass is 211 g/mol. The van der Waals surface area contributed by atoms with Crippen molar-refractivity contribution in [2.24, 2.45) is 5.73 Å². The van der Waals surface area contributed by atoms with Crippen LogP contribution in [0.15, 0.2) is 0 Å². The zero-order valence-corrected chi connectivity index (χ0v) is 9.48. The van der Waals surface area contributed by atoms with E-state index in [0.29, 0.717) is 12.6 Å². The maximum atomic E-state index is 11.7. The summed E-state index contributed by atoms with van der Waals surface area (Å²) in [5.74, 6) is 0.242. The van der Waals surface area contributed by atoms with Crippen LogP contribution < -0.4 is 5.73 Å². The molecule has 1 saturated heterocycles. The van der Waals surface area contributed by atoms with Gasteiger partial charge < -0.3 is 10.6 Å². The number of carbonyl (C=O) groups excluding carboxylic acids is 1. The van der Waals surface area contributed by atoms with Gasteiger partial charge in [-0.25, -0.2) is 0 Å². The van der Waals surface area contributed by atoms with Crippen molar-refractivity contribution in [2.45, 2.75) is 37.8 Å². The Labute approximate surface area is 91.4 Å². The molecule has 1 aliphatic heterocycles. The molecular formula is C11H21N3O. The molecule has 0 spiro atoms. The van der Waals surface area contributed by atoms with Crippen molar-refractivity contribution in [3.8, 4) is 0 Å². The summed E-state index contributed by atoms with van der Waals surface area (Å²) in [5, 5.41) is 0. The quantitative estimate of drug-likeness (QED) is 0.666. The average molecular weight is 211 g/mol. The fraction of sp³-hybridized carbons (Fsp3) is 0.909. The van der Waals surface area contributed by atoms with Gasteiger partial charge in [0.05, 0.1) is 6.54 Å². The second kappa shape index (κ2) is 4.49. The van der Waals surface area contributed by atoms with Gasteiger partial charge in [0, 0.05) is 32.2 Å². The van der Waals surface area contributed by atoms with Gasteiger partial charge in [0.25, 0.3) is 0 Å². The summed E-state index contributed by atoms with van der Waals surface area (Å²) in [6, 6.07) is 0.724. The van der Waals surface area contributed by atoms with Gasteiger partial charge in [0.2, 0.25) is 5.91 Å². The summed E-state index contributed by atoms with van der Waals surface area (Å²) >= 11 is 0. The van der Waals surface area contributed by atoms with E-state index in [1.807, 2.05) is 11.9 Å². The molecule has 15 heavy (non-hydrogen) atoms. The molecule has 0 radical (unpaired) electrons. The number of hydrogen-bond acceptors (Lipinski definition) is 3. The van der Waals surface area contributed by atoms with Crippen LogP contribution in [0.2, 0.25) is 0 Å². The third-order valence-electron chi connectivity index (χ3n) is 3.70. The van der Waals surface area contributed by atoms with Crippen LogP contribution in [-0.4, -0.2) is 54.5 Å². The summed E-state index contributed by atoms with van der Waals surface area (Å²) in [6.45, 7) is 2.47. The Balaban J connectivity index is 1.99. The second-order valence-electron chi connectivity index (χ2n) is 4.80. The predicted molar refractivity (Wildman–Crippen MR) is 59.4 cm³/mol. The minimum absolute atomic E-state index is 0.242. The van der Waals surface area contributed by atoms with E-state index in [9.17, 15) is 4.79 Å². The van der Waals surface area contributed by atoms with E-state index >= 15 is 0 Å². The smallest absolute Gasteiger partial charge is 0.236 e. The van der Waals surface area contributed by atoms with Gasteiger partial charge in [0.15, 0.2) is 0 Å². The van der Waals surface area contributed by atoms with Crippen molar-refractivity contribution in [2.75, 3.05) is 26.7 Å². The van der Waals surface area contributed by atoms with Crippen LogP contribution in [0.5, 0.6) is 0 Å². The standard InChI is InChI=1S/C11H21N3O/c1-13-6-3-7-14(8-11(13)15)10-5-2-4-9(10)12/h9-10H,2-8,12H2,1H3. The van der Waals surface area contributed by atoms with Crippen LogP contribution in [-0.2, 0) is 4.79 Å².